The van der Waals surface area contributed by atoms with E-state index in [1.54, 1.807) is 10.9 Å². The zero-order chi connectivity index (χ0) is 24.8. The number of nitrogens with two attached hydrogens (primary N) is 1. The van der Waals surface area contributed by atoms with Gasteiger partial charge in [0, 0.05) is 23.1 Å². The molecule has 0 saturated heterocycles. The van der Waals surface area contributed by atoms with Crippen molar-refractivity contribution in [3.05, 3.63) is 47.4 Å². The van der Waals surface area contributed by atoms with Gasteiger partial charge in [0.1, 0.15) is 17.7 Å². The lowest BCUT2D eigenvalue weighted by atomic mass is 9.87. The molecule has 0 aliphatic heterocycles. The van der Waals surface area contributed by atoms with Gasteiger partial charge in [-0.1, -0.05) is 0 Å². The second-order valence-corrected chi connectivity index (χ2v) is 8.22. The average molecular weight is 484 g/mol. The number of aldehydes is 1. The first-order chi connectivity index (χ1) is 15.9. The molecule has 180 valence electrons. The van der Waals surface area contributed by atoms with E-state index in [0.717, 1.165) is 24.5 Å². The Balaban J connectivity index is 1.85. The molecule has 4 rings (SSSR count). The smallest absolute Gasteiger partial charge is 0.364 e. The molecule has 2 heterocycles. The molecule has 0 spiro atoms. The summed E-state index contributed by atoms with van der Waals surface area (Å²) in [7, 11) is 0. The number of alkyl halides is 6. The average Bonchev–Trinajstić information content (AvgIpc) is 3.20. The third kappa shape index (κ3) is 4.48. The van der Waals surface area contributed by atoms with Crippen LogP contribution in [-0.4, -0.2) is 27.0 Å². The normalized spacial score (nSPS) is 19.4. The second-order valence-electron chi connectivity index (χ2n) is 8.22. The number of carbonyl (C=O) groups is 2. The maximum Gasteiger partial charge on any atom is 0.433 e. The number of hydrogen-bond acceptors (Lipinski definition) is 4. The molecule has 2 N–H and O–H groups in total. The highest BCUT2D eigenvalue weighted by Gasteiger charge is 2.37. The van der Waals surface area contributed by atoms with Crippen LogP contribution in [0.15, 0.2) is 30.5 Å². The van der Waals surface area contributed by atoms with Gasteiger partial charge in [0.25, 0.3) is 5.91 Å². The summed E-state index contributed by atoms with van der Waals surface area (Å²) in [6.45, 7) is 0. The fourth-order valence-corrected chi connectivity index (χ4v) is 4.26. The van der Waals surface area contributed by atoms with Gasteiger partial charge in [0.2, 0.25) is 0 Å². The van der Waals surface area contributed by atoms with Gasteiger partial charge in [-0.2, -0.15) is 31.4 Å². The van der Waals surface area contributed by atoms with Gasteiger partial charge in [-0.15, -0.1) is 0 Å². The Morgan fingerprint density at radius 3 is 2.24 bits per heavy atom. The molecule has 3 aromatic rings. The van der Waals surface area contributed by atoms with Gasteiger partial charge < -0.3 is 10.5 Å². The van der Waals surface area contributed by atoms with E-state index in [9.17, 15) is 35.9 Å². The van der Waals surface area contributed by atoms with Gasteiger partial charge in [0.05, 0.1) is 17.1 Å². The van der Waals surface area contributed by atoms with Crippen molar-refractivity contribution in [3.8, 4) is 11.1 Å². The number of primary amides is 1. The number of pyridine rings is 1. The second kappa shape index (κ2) is 8.41. The first-order valence-electron chi connectivity index (χ1n) is 10.3. The molecule has 1 fully saturated rings. The lowest BCUT2D eigenvalue weighted by Crippen LogP contribution is -2.19. The summed E-state index contributed by atoms with van der Waals surface area (Å²) in [6, 6.07) is 3.07. The van der Waals surface area contributed by atoms with E-state index in [4.69, 9.17) is 5.73 Å². The van der Waals surface area contributed by atoms with Crippen LogP contribution in [0.25, 0.3) is 22.0 Å². The zero-order valence-corrected chi connectivity index (χ0v) is 17.5. The highest BCUT2D eigenvalue weighted by Crippen LogP contribution is 2.41. The highest BCUT2D eigenvalue weighted by molar-refractivity contribution is 5.99. The van der Waals surface area contributed by atoms with E-state index in [-0.39, 0.29) is 17.5 Å². The maximum atomic E-state index is 13.9. The van der Waals surface area contributed by atoms with Crippen molar-refractivity contribution in [1.82, 2.24) is 14.8 Å². The first kappa shape index (κ1) is 23.7. The van der Waals surface area contributed by atoms with Crippen molar-refractivity contribution in [2.45, 2.75) is 44.1 Å². The summed E-state index contributed by atoms with van der Waals surface area (Å²) in [4.78, 5) is 26.0. The third-order valence-corrected chi connectivity index (χ3v) is 5.98. The number of hydrogen-bond donors (Lipinski definition) is 1. The van der Waals surface area contributed by atoms with Gasteiger partial charge in [-0.25, -0.2) is 4.98 Å². The van der Waals surface area contributed by atoms with Crippen molar-refractivity contribution in [2.75, 3.05) is 0 Å². The van der Waals surface area contributed by atoms with E-state index in [1.165, 1.54) is 0 Å². The van der Waals surface area contributed by atoms with Crippen LogP contribution in [0.2, 0.25) is 0 Å². The molecular weight excluding hydrogens is 466 g/mol. The van der Waals surface area contributed by atoms with Crippen molar-refractivity contribution in [2.24, 2.45) is 11.7 Å². The number of benzene rings is 1. The molecule has 6 nitrogen and oxygen atoms in total. The van der Waals surface area contributed by atoms with Gasteiger partial charge >= 0.3 is 12.4 Å². The molecule has 2 aromatic heterocycles. The molecule has 1 aliphatic rings. The van der Waals surface area contributed by atoms with Gasteiger partial charge in [-0.3, -0.25) is 9.48 Å². The summed E-state index contributed by atoms with van der Waals surface area (Å²) in [6.07, 6.45) is -4.82. The molecule has 0 bridgehead atoms. The summed E-state index contributed by atoms with van der Waals surface area (Å²) < 4.78 is 82.5. The number of halogens is 6. The summed E-state index contributed by atoms with van der Waals surface area (Å²) in [5, 5.41) is 4.57. The molecule has 0 radical (unpaired) electrons. The fraction of sp³-hybridized carbons (Fsp3) is 0.364. The Bertz CT molecular complexity index is 1260. The van der Waals surface area contributed by atoms with E-state index in [1.807, 2.05) is 0 Å². The maximum absolute atomic E-state index is 13.9. The number of rotatable bonds is 4. The van der Waals surface area contributed by atoms with Crippen molar-refractivity contribution in [1.29, 1.82) is 0 Å². The lowest BCUT2D eigenvalue weighted by molar-refractivity contribution is -0.141. The summed E-state index contributed by atoms with van der Waals surface area (Å²) in [5.74, 6) is -1.44. The van der Waals surface area contributed by atoms with E-state index < -0.39 is 46.3 Å². The number of aromatic nitrogens is 3. The molecule has 1 aliphatic carbocycles. The Hall–Kier alpha value is -3.44. The van der Waals surface area contributed by atoms with E-state index in [0.29, 0.717) is 37.1 Å². The Kier molecular flexibility index (Phi) is 5.86. The molecular formula is C22H18F6N4O2. The Morgan fingerprint density at radius 2 is 1.68 bits per heavy atom. The number of carbonyl (C=O) groups excluding carboxylic acids is 2. The minimum Gasteiger partial charge on any atom is -0.364 e. The lowest BCUT2D eigenvalue weighted by Gasteiger charge is -2.25. The number of nitrogens with zero attached hydrogens (tertiary/aromatic N) is 3. The van der Waals surface area contributed by atoms with E-state index in [2.05, 4.69) is 10.1 Å². The minimum atomic E-state index is -4.91. The predicted octanol–water partition coefficient (Wildman–Crippen LogP) is 5.17. The molecule has 1 amide bonds. The topological polar surface area (TPSA) is 90.9 Å². The first-order valence-corrected chi connectivity index (χ1v) is 10.3. The quantitative estimate of drug-likeness (QED) is 0.409. The monoisotopic (exact) mass is 484 g/mol. The highest BCUT2D eigenvalue weighted by atomic mass is 19.4. The zero-order valence-electron chi connectivity index (χ0n) is 17.5. The third-order valence-electron chi connectivity index (χ3n) is 5.98. The molecule has 1 saturated carbocycles. The fourth-order valence-electron chi connectivity index (χ4n) is 4.26. The Labute approximate surface area is 188 Å². The van der Waals surface area contributed by atoms with Crippen LogP contribution in [0, 0.1) is 5.92 Å². The van der Waals surface area contributed by atoms with Crippen molar-refractivity contribution >= 4 is 23.1 Å². The molecule has 34 heavy (non-hydrogen) atoms. The predicted molar refractivity (Wildman–Crippen MR) is 109 cm³/mol. The van der Waals surface area contributed by atoms with Crippen molar-refractivity contribution in [3.63, 3.8) is 0 Å². The van der Waals surface area contributed by atoms with E-state index >= 15 is 0 Å². The number of amides is 1. The molecule has 0 unspecified atom stereocenters. The van der Waals surface area contributed by atoms with Crippen LogP contribution in [0.1, 0.15) is 53.5 Å². The van der Waals surface area contributed by atoms with Crippen LogP contribution >= 0.6 is 0 Å². The standard InChI is InChI=1S/C22H18F6N4O2/c23-21(24,25)16-8-17-12(9-32(31-17)13-3-1-11(10-33)2-4-13)7-15(16)14-5-6-18(22(26,27)28)30-19(14)20(29)34/h5-11,13H,1-4H2,(H2,29,34). The van der Waals surface area contributed by atoms with Crippen LogP contribution in [0.4, 0.5) is 26.3 Å². The Morgan fingerprint density at radius 1 is 1.00 bits per heavy atom. The SMILES string of the molecule is NC(=O)c1nc(C(F)(F)F)ccc1-c1cc2cn(C3CCC(C=O)CC3)nc2cc1C(F)(F)F. The number of fused-ring (bicyclic) bond motifs is 1. The largest absolute Gasteiger partial charge is 0.433 e. The molecule has 12 heteroatoms. The van der Waals surface area contributed by atoms with Gasteiger partial charge in [0.15, 0.2) is 0 Å². The van der Waals surface area contributed by atoms with Crippen LogP contribution in [0.3, 0.4) is 0 Å². The summed E-state index contributed by atoms with van der Waals surface area (Å²) in [5.41, 5.74) is 0.668. The molecule has 1 aromatic carbocycles. The van der Waals surface area contributed by atoms with Crippen LogP contribution < -0.4 is 5.73 Å². The summed E-state index contributed by atoms with van der Waals surface area (Å²) >= 11 is 0. The molecule has 0 atom stereocenters. The minimum absolute atomic E-state index is 0.0362. The van der Waals surface area contributed by atoms with Crippen molar-refractivity contribution < 1.29 is 35.9 Å². The van der Waals surface area contributed by atoms with Crippen LogP contribution in [0.5, 0.6) is 0 Å². The van der Waals surface area contributed by atoms with Gasteiger partial charge in [-0.05, 0) is 55.5 Å². The van der Waals surface area contributed by atoms with Crippen LogP contribution in [-0.2, 0) is 17.1 Å².